The predicted octanol–water partition coefficient (Wildman–Crippen LogP) is 5.23. The van der Waals surface area contributed by atoms with Crippen LogP contribution >= 0.6 is 23.2 Å². The molecular weight excluding hydrogens is 641 g/mol. The highest BCUT2D eigenvalue weighted by Gasteiger charge is 2.22. The summed E-state index contributed by atoms with van der Waals surface area (Å²) in [6.07, 6.45) is 6.70. The Morgan fingerprint density at radius 2 is 1.38 bits per heavy atom. The second kappa shape index (κ2) is 15.4. The van der Waals surface area contributed by atoms with E-state index in [0.29, 0.717) is 82.1 Å². The molecule has 0 bridgehead atoms. The lowest BCUT2D eigenvalue weighted by Crippen LogP contribution is -2.35. The molecule has 2 aromatic carbocycles. The molecule has 2 aromatic heterocycles. The number of hydrogen-bond donors (Lipinski definition) is 3. The van der Waals surface area contributed by atoms with Crippen LogP contribution in [0.1, 0.15) is 37.1 Å². The molecule has 0 spiro atoms. The summed E-state index contributed by atoms with van der Waals surface area (Å²) in [6.45, 7) is 3.15. The molecular formula is C34H37Cl2N7O4. The number of ether oxygens (including phenoxy) is 3. The summed E-state index contributed by atoms with van der Waals surface area (Å²) in [4.78, 5) is 30.3. The van der Waals surface area contributed by atoms with Crippen molar-refractivity contribution < 1.29 is 19.0 Å². The van der Waals surface area contributed by atoms with Gasteiger partial charge in [-0.2, -0.15) is 0 Å². The lowest BCUT2D eigenvalue weighted by molar-refractivity contribution is -0.119. The zero-order chi connectivity index (χ0) is 32.8. The van der Waals surface area contributed by atoms with Crippen molar-refractivity contribution in [1.29, 1.82) is 0 Å². The van der Waals surface area contributed by atoms with Gasteiger partial charge in [0.2, 0.25) is 17.7 Å². The maximum absolute atomic E-state index is 11.5. The fourth-order valence-electron chi connectivity index (χ4n) is 5.84. The number of hydrogen-bond acceptors (Lipinski definition) is 10. The Morgan fingerprint density at radius 1 is 0.830 bits per heavy atom. The highest BCUT2D eigenvalue weighted by Crippen LogP contribution is 2.42. The van der Waals surface area contributed by atoms with Crippen molar-refractivity contribution in [1.82, 2.24) is 35.9 Å². The molecule has 0 saturated carbocycles. The molecule has 2 fully saturated rings. The summed E-state index contributed by atoms with van der Waals surface area (Å²) >= 11 is 14.1. The van der Waals surface area contributed by atoms with Crippen LogP contribution < -0.4 is 25.4 Å². The molecule has 2 aliphatic rings. The minimum absolute atomic E-state index is 0.0861. The number of amides is 1. The molecule has 4 heterocycles. The molecule has 3 N–H and O–H groups in total. The summed E-state index contributed by atoms with van der Waals surface area (Å²) in [7, 11) is 3.15. The van der Waals surface area contributed by atoms with E-state index in [-0.39, 0.29) is 11.9 Å². The van der Waals surface area contributed by atoms with Crippen LogP contribution in [0.3, 0.4) is 0 Å². The lowest BCUT2D eigenvalue weighted by Gasteiger charge is -2.23. The number of halogens is 2. The Bertz CT molecular complexity index is 1740. The van der Waals surface area contributed by atoms with E-state index in [1.165, 1.54) is 0 Å². The van der Waals surface area contributed by atoms with Crippen molar-refractivity contribution in [3.05, 3.63) is 70.2 Å². The highest BCUT2D eigenvalue weighted by atomic mass is 35.5. The van der Waals surface area contributed by atoms with Gasteiger partial charge >= 0.3 is 0 Å². The smallest absolute Gasteiger partial charge is 0.237 e. The summed E-state index contributed by atoms with van der Waals surface area (Å²) in [5.74, 6) is 0.925. The lowest BCUT2D eigenvalue weighted by atomic mass is 9.98. The Balaban J connectivity index is 1.22. The minimum Gasteiger partial charge on any atom is -0.480 e. The van der Waals surface area contributed by atoms with Gasteiger partial charge in [0, 0.05) is 73.6 Å². The number of carbonyl (C=O) groups excluding carboxylic acids is 1. The number of benzene rings is 2. The number of methoxy groups -OCH3 is 2. The largest absolute Gasteiger partial charge is 0.480 e. The van der Waals surface area contributed by atoms with E-state index in [1.807, 2.05) is 36.4 Å². The molecule has 2 aliphatic heterocycles. The topological polar surface area (TPSA) is 132 Å². The second-order valence-electron chi connectivity index (χ2n) is 11.5. The first kappa shape index (κ1) is 33.0. The average Bonchev–Trinajstić information content (AvgIpc) is 3.52. The van der Waals surface area contributed by atoms with Gasteiger partial charge in [0.15, 0.2) is 0 Å². The summed E-state index contributed by atoms with van der Waals surface area (Å²) in [5, 5.41) is 10.8. The van der Waals surface area contributed by atoms with Gasteiger partial charge in [0.25, 0.3) is 0 Å². The zero-order valence-corrected chi connectivity index (χ0v) is 27.8. The van der Waals surface area contributed by atoms with Crippen molar-refractivity contribution in [2.24, 2.45) is 0 Å². The van der Waals surface area contributed by atoms with E-state index in [4.69, 9.17) is 47.4 Å². The van der Waals surface area contributed by atoms with Crippen LogP contribution in [0.25, 0.3) is 33.6 Å². The molecule has 4 aromatic rings. The maximum atomic E-state index is 11.5. The zero-order valence-electron chi connectivity index (χ0n) is 26.3. The number of carbonyl (C=O) groups is 1. The monoisotopic (exact) mass is 677 g/mol. The van der Waals surface area contributed by atoms with Gasteiger partial charge in [0.1, 0.15) is 11.4 Å². The van der Waals surface area contributed by atoms with Crippen LogP contribution in [-0.2, 0) is 22.6 Å². The second-order valence-corrected chi connectivity index (χ2v) is 12.2. The van der Waals surface area contributed by atoms with Crippen LogP contribution in [-0.4, -0.2) is 71.9 Å². The molecule has 11 nitrogen and oxygen atoms in total. The highest BCUT2D eigenvalue weighted by molar-refractivity contribution is 6.39. The quantitative estimate of drug-likeness (QED) is 0.183. The third kappa shape index (κ3) is 7.66. The van der Waals surface area contributed by atoms with E-state index in [0.717, 1.165) is 49.3 Å². The molecule has 0 aliphatic carbocycles. The van der Waals surface area contributed by atoms with Gasteiger partial charge in [-0.25, -0.2) is 9.97 Å². The first-order valence-corrected chi connectivity index (χ1v) is 16.4. The van der Waals surface area contributed by atoms with E-state index in [1.54, 1.807) is 26.6 Å². The maximum Gasteiger partial charge on any atom is 0.237 e. The van der Waals surface area contributed by atoms with Crippen molar-refractivity contribution in [3.8, 4) is 45.4 Å². The standard InChI is InChI=1S/C34H37Cl2N7O4/c1-45-33-28(16-37-15-21-9-10-30(44)41-21)39-17-26(42-33)24-7-3-5-22(31(24)35)23-6-4-8-25(32(23)36)27-18-40-29(34(43-27)46-2)19-38-20-11-13-47-14-12-20/h3-8,17-18,20-21,37-38H,9-16,19H2,1-2H3,(H,41,44)/t21-/m0/s1. The Labute approximate surface area is 283 Å². The van der Waals surface area contributed by atoms with Gasteiger partial charge in [-0.15, -0.1) is 0 Å². The summed E-state index contributed by atoms with van der Waals surface area (Å²) in [5.41, 5.74) is 5.40. The number of nitrogens with zero attached hydrogens (tertiary/aromatic N) is 4. The number of aromatic nitrogens is 4. The summed E-state index contributed by atoms with van der Waals surface area (Å²) in [6, 6.07) is 11.9. The normalized spacial score (nSPS) is 16.7. The SMILES string of the molecule is COc1nc(-c2cccc(-c3cccc(-c4cnc(CNC5CCOCC5)c(OC)n4)c3Cl)c2Cl)cnc1CNC[C@@H]1CCC(=O)N1. The van der Waals surface area contributed by atoms with Gasteiger partial charge < -0.3 is 30.2 Å². The molecule has 246 valence electrons. The Morgan fingerprint density at radius 3 is 1.91 bits per heavy atom. The van der Waals surface area contributed by atoms with Gasteiger partial charge in [-0.05, 0) is 19.3 Å². The number of nitrogens with one attached hydrogen (secondary N) is 3. The molecule has 47 heavy (non-hydrogen) atoms. The average molecular weight is 679 g/mol. The third-order valence-electron chi connectivity index (χ3n) is 8.40. The van der Waals surface area contributed by atoms with Crippen molar-refractivity contribution in [3.63, 3.8) is 0 Å². The molecule has 2 saturated heterocycles. The van der Waals surface area contributed by atoms with Crippen LogP contribution in [0.5, 0.6) is 11.8 Å². The van der Waals surface area contributed by atoms with Crippen LogP contribution in [0.4, 0.5) is 0 Å². The van der Waals surface area contributed by atoms with E-state index < -0.39 is 0 Å². The van der Waals surface area contributed by atoms with Crippen LogP contribution in [0.15, 0.2) is 48.8 Å². The molecule has 13 heteroatoms. The first-order valence-electron chi connectivity index (χ1n) is 15.6. The minimum atomic E-state index is 0.0861. The Kier molecular flexibility index (Phi) is 10.8. The molecule has 0 radical (unpaired) electrons. The van der Waals surface area contributed by atoms with Gasteiger partial charge in [-0.3, -0.25) is 14.8 Å². The van der Waals surface area contributed by atoms with E-state index >= 15 is 0 Å². The van der Waals surface area contributed by atoms with Crippen molar-refractivity contribution in [2.75, 3.05) is 34.0 Å². The fourth-order valence-corrected chi connectivity index (χ4v) is 6.49. The van der Waals surface area contributed by atoms with Crippen LogP contribution in [0, 0.1) is 0 Å². The third-order valence-corrected chi connectivity index (χ3v) is 9.21. The molecule has 1 atom stereocenters. The van der Waals surface area contributed by atoms with Crippen molar-refractivity contribution >= 4 is 29.1 Å². The summed E-state index contributed by atoms with van der Waals surface area (Å²) < 4.78 is 16.7. The first-order chi connectivity index (χ1) is 22.9. The Hall–Kier alpha value is -3.87. The number of rotatable bonds is 12. The molecule has 0 unspecified atom stereocenters. The molecule has 6 rings (SSSR count). The van der Waals surface area contributed by atoms with E-state index in [2.05, 4.69) is 25.9 Å². The van der Waals surface area contributed by atoms with Gasteiger partial charge in [0.05, 0.1) is 48.0 Å². The van der Waals surface area contributed by atoms with Gasteiger partial charge in [-0.1, -0.05) is 59.6 Å². The van der Waals surface area contributed by atoms with Crippen molar-refractivity contribution in [2.45, 2.75) is 50.9 Å². The van der Waals surface area contributed by atoms with Crippen LogP contribution in [0.2, 0.25) is 10.0 Å². The molecule has 1 amide bonds. The fraction of sp³-hybridized carbons (Fsp3) is 0.382. The van der Waals surface area contributed by atoms with E-state index in [9.17, 15) is 4.79 Å². The predicted molar refractivity (Wildman–Crippen MR) is 181 cm³/mol.